The molecule has 2 aromatic rings. The van der Waals surface area contributed by atoms with Crippen molar-refractivity contribution in [2.24, 2.45) is 0 Å². The van der Waals surface area contributed by atoms with Gasteiger partial charge in [-0.25, -0.2) is 4.79 Å². The molecule has 0 fully saturated rings. The second-order valence-electron chi connectivity index (χ2n) is 3.33. The van der Waals surface area contributed by atoms with Gasteiger partial charge in [0.15, 0.2) is 0 Å². The van der Waals surface area contributed by atoms with Crippen LogP contribution in [-0.4, -0.2) is 21.8 Å². The van der Waals surface area contributed by atoms with E-state index >= 15 is 0 Å². The summed E-state index contributed by atoms with van der Waals surface area (Å²) in [6.07, 6.45) is 1.44. The number of nitrogens with one attached hydrogen (secondary N) is 1. The van der Waals surface area contributed by atoms with E-state index in [-0.39, 0.29) is 5.56 Å². The topological polar surface area (TPSA) is 70.2 Å². The first-order valence-corrected chi connectivity index (χ1v) is 4.45. The van der Waals surface area contributed by atoms with Crippen LogP contribution < -0.4 is 0 Å². The molecule has 0 saturated carbocycles. The number of carboxylic acid groups (broad SMARTS) is 1. The Hall–Kier alpha value is -2.10. The third-order valence-electron chi connectivity index (χ3n) is 2.36. The summed E-state index contributed by atoms with van der Waals surface area (Å²) < 4.78 is 0. The monoisotopic (exact) mass is 203 g/mol. The average Bonchev–Trinajstić information content (AvgIpc) is 2.61. The van der Waals surface area contributed by atoms with Crippen LogP contribution in [0.4, 0.5) is 0 Å². The Morgan fingerprint density at radius 3 is 2.73 bits per heavy atom. The smallest absolute Gasteiger partial charge is 0.377 e. The Balaban J connectivity index is 2.69. The zero-order chi connectivity index (χ0) is 11.0. The Morgan fingerprint density at radius 1 is 1.33 bits per heavy atom. The summed E-state index contributed by atoms with van der Waals surface area (Å²) >= 11 is 0. The van der Waals surface area contributed by atoms with Crippen molar-refractivity contribution >= 4 is 22.7 Å². The predicted molar refractivity (Wildman–Crippen MR) is 55.0 cm³/mol. The highest BCUT2D eigenvalue weighted by atomic mass is 16.4. The summed E-state index contributed by atoms with van der Waals surface area (Å²) in [5, 5.41) is 9.27. The van der Waals surface area contributed by atoms with Crippen LogP contribution in [0.3, 0.4) is 0 Å². The standard InChI is InChI=1S/C11H9NO3/c1-6-3-2-4-7-8(5-12-9(6)7)10(13)11(14)15/h2-5,12H,1H3,(H,14,15). The molecule has 0 unspecified atom stereocenters. The summed E-state index contributed by atoms with van der Waals surface area (Å²) in [6.45, 7) is 1.90. The number of benzene rings is 1. The quantitative estimate of drug-likeness (QED) is 0.577. The normalized spacial score (nSPS) is 10.5. The number of para-hydroxylation sites is 1. The van der Waals surface area contributed by atoms with Crippen molar-refractivity contribution in [1.82, 2.24) is 4.98 Å². The molecular weight excluding hydrogens is 194 g/mol. The van der Waals surface area contributed by atoms with Crippen LogP contribution in [0.25, 0.3) is 10.9 Å². The van der Waals surface area contributed by atoms with E-state index < -0.39 is 11.8 Å². The highest BCUT2D eigenvalue weighted by molar-refractivity contribution is 6.42. The van der Waals surface area contributed by atoms with Crippen LogP contribution in [0.5, 0.6) is 0 Å². The average molecular weight is 203 g/mol. The number of carbonyl (C=O) groups is 2. The highest BCUT2D eigenvalue weighted by Gasteiger charge is 2.18. The van der Waals surface area contributed by atoms with Crippen LogP contribution in [0.1, 0.15) is 15.9 Å². The van der Waals surface area contributed by atoms with E-state index in [2.05, 4.69) is 4.98 Å². The molecule has 1 aromatic carbocycles. The number of carbonyl (C=O) groups excluding carboxylic acids is 1. The van der Waals surface area contributed by atoms with E-state index in [1.165, 1.54) is 6.20 Å². The molecule has 0 saturated heterocycles. The second-order valence-corrected chi connectivity index (χ2v) is 3.33. The lowest BCUT2D eigenvalue weighted by Crippen LogP contribution is -2.11. The Bertz CT molecular complexity index is 554. The SMILES string of the molecule is Cc1cccc2c(C(=O)C(=O)O)c[nH]c12. The fourth-order valence-corrected chi connectivity index (χ4v) is 1.61. The molecule has 0 amide bonds. The molecule has 0 bridgehead atoms. The van der Waals surface area contributed by atoms with E-state index in [1.54, 1.807) is 12.1 Å². The van der Waals surface area contributed by atoms with Gasteiger partial charge in [-0.05, 0) is 12.5 Å². The lowest BCUT2D eigenvalue weighted by molar-refractivity contribution is -0.131. The molecular formula is C11H9NO3. The summed E-state index contributed by atoms with van der Waals surface area (Å²) in [6, 6.07) is 5.42. The molecule has 4 heteroatoms. The summed E-state index contributed by atoms with van der Waals surface area (Å²) in [7, 11) is 0. The summed E-state index contributed by atoms with van der Waals surface area (Å²) in [5.41, 5.74) is 2.00. The zero-order valence-corrected chi connectivity index (χ0v) is 8.07. The maximum atomic E-state index is 11.3. The number of fused-ring (bicyclic) bond motifs is 1. The number of Topliss-reactive ketones (excluding diaryl/α,β-unsaturated/α-hetero) is 1. The molecule has 1 aromatic heterocycles. The molecule has 0 radical (unpaired) electrons. The maximum Gasteiger partial charge on any atom is 0.377 e. The number of ketones is 1. The minimum Gasteiger partial charge on any atom is -0.475 e. The van der Waals surface area contributed by atoms with Gasteiger partial charge in [0, 0.05) is 17.1 Å². The van der Waals surface area contributed by atoms with E-state index in [4.69, 9.17) is 5.11 Å². The molecule has 4 nitrogen and oxygen atoms in total. The molecule has 76 valence electrons. The fourth-order valence-electron chi connectivity index (χ4n) is 1.61. The zero-order valence-electron chi connectivity index (χ0n) is 8.07. The van der Waals surface area contributed by atoms with Crippen LogP contribution in [-0.2, 0) is 4.79 Å². The third-order valence-corrected chi connectivity index (χ3v) is 2.36. The van der Waals surface area contributed by atoms with Crippen LogP contribution in [0, 0.1) is 6.92 Å². The number of rotatable bonds is 2. The first-order valence-electron chi connectivity index (χ1n) is 4.45. The van der Waals surface area contributed by atoms with Crippen molar-refractivity contribution in [2.45, 2.75) is 6.92 Å². The molecule has 2 N–H and O–H groups in total. The lowest BCUT2D eigenvalue weighted by Gasteiger charge is -1.96. The molecule has 0 spiro atoms. The van der Waals surface area contributed by atoms with Crippen molar-refractivity contribution in [2.75, 3.05) is 0 Å². The van der Waals surface area contributed by atoms with E-state index in [0.29, 0.717) is 5.39 Å². The number of carboxylic acids is 1. The summed E-state index contributed by atoms with van der Waals surface area (Å²) in [4.78, 5) is 24.8. The minimum absolute atomic E-state index is 0.209. The number of hydrogen-bond donors (Lipinski definition) is 2. The third kappa shape index (κ3) is 1.40. The van der Waals surface area contributed by atoms with Gasteiger partial charge in [-0.15, -0.1) is 0 Å². The summed E-state index contributed by atoms with van der Waals surface area (Å²) in [5.74, 6) is -2.32. The Morgan fingerprint density at radius 2 is 2.07 bits per heavy atom. The Kier molecular flexibility index (Phi) is 2.04. The van der Waals surface area contributed by atoms with Gasteiger partial charge in [0.25, 0.3) is 5.78 Å². The van der Waals surface area contributed by atoms with Gasteiger partial charge in [0.1, 0.15) is 0 Å². The van der Waals surface area contributed by atoms with Gasteiger partial charge < -0.3 is 10.1 Å². The van der Waals surface area contributed by atoms with E-state index in [1.807, 2.05) is 13.0 Å². The molecule has 0 aliphatic rings. The first-order chi connectivity index (χ1) is 7.11. The molecule has 0 aliphatic heterocycles. The van der Waals surface area contributed by atoms with Crippen molar-refractivity contribution in [3.63, 3.8) is 0 Å². The minimum atomic E-state index is -1.43. The van der Waals surface area contributed by atoms with E-state index in [0.717, 1.165) is 11.1 Å². The molecule has 0 aliphatic carbocycles. The van der Waals surface area contributed by atoms with Crippen LogP contribution >= 0.6 is 0 Å². The number of aromatic amines is 1. The Labute approximate surface area is 85.5 Å². The largest absolute Gasteiger partial charge is 0.475 e. The highest BCUT2D eigenvalue weighted by Crippen LogP contribution is 2.21. The first kappa shape index (κ1) is 9.45. The van der Waals surface area contributed by atoms with Crippen molar-refractivity contribution in [1.29, 1.82) is 0 Å². The van der Waals surface area contributed by atoms with Crippen molar-refractivity contribution in [3.8, 4) is 0 Å². The number of aromatic nitrogens is 1. The number of H-pyrrole nitrogens is 1. The van der Waals surface area contributed by atoms with E-state index in [9.17, 15) is 9.59 Å². The number of hydrogen-bond acceptors (Lipinski definition) is 2. The fraction of sp³-hybridized carbons (Fsp3) is 0.0909. The number of aryl methyl sites for hydroxylation is 1. The van der Waals surface area contributed by atoms with Gasteiger partial charge in [0.05, 0.1) is 5.56 Å². The van der Waals surface area contributed by atoms with Gasteiger partial charge in [0.2, 0.25) is 0 Å². The second kappa shape index (κ2) is 3.24. The van der Waals surface area contributed by atoms with Crippen LogP contribution in [0.2, 0.25) is 0 Å². The van der Waals surface area contributed by atoms with Crippen LogP contribution in [0.15, 0.2) is 24.4 Å². The maximum absolute atomic E-state index is 11.3. The van der Waals surface area contributed by atoms with Crippen molar-refractivity contribution < 1.29 is 14.7 Å². The molecule has 0 atom stereocenters. The van der Waals surface area contributed by atoms with Gasteiger partial charge in [-0.1, -0.05) is 18.2 Å². The lowest BCUT2D eigenvalue weighted by atomic mass is 10.1. The van der Waals surface area contributed by atoms with Gasteiger partial charge in [-0.2, -0.15) is 0 Å². The predicted octanol–water partition coefficient (Wildman–Crippen LogP) is 1.74. The molecule has 2 rings (SSSR count). The molecule has 1 heterocycles. The van der Waals surface area contributed by atoms with Gasteiger partial charge >= 0.3 is 5.97 Å². The number of aliphatic carboxylic acids is 1. The molecule has 15 heavy (non-hydrogen) atoms. The van der Waals surface area contributed by atoms with Crippen molar-refractivity contribution in [3.05, 3.63) is 35.5 Å². The van der Waals surface area contributed by atoms with Gasteiger partial charge in [-0.3, -0.25) is 4.79 Å².